The molecule has 0 radical (unpaired) electrons. The van der Waals surface area contributed by atoms with E-state index in [4.69, 9.17) is 23.7 Å². The molecule has 208 valence electrons. The highest BCUT2D eigenvalue weighted by atomic mass is 16.6. The van der Waals surface area contributed by atoms with Gasteiger partial charge in [0.1, 0.15) is 0 Å². The Balaban J connectivity index is 3.21. The first-order chi connectivity index (χ1) is 17.1. The molecule has 36 heavy (non-hydrogen) atoms. The number of nitrogens with zero attached hydrogens (tertiary/aromatic N) is 2. The van der Waals surface area contributed by atoms with Gasteiger partial charge in [-0.05, 0) is 0 Å². The first-order valence-corrected chi connectivity index (χ1v) is 11.3. The Labute approximate surface area is 208 Å². The van der Waals surface area contributed by atoms with Crippen molar-refractivity contribution in [1.82, 2.24) is 9.80 Å². The maximum atomic E-state index is 11.4. The number of carbonyl (C=O) groups is 4. The van der Waals surface area contributed by atoms with Gasteiger partial charge in [-0.1, -0.05) is 0 Å². The Bertz CT molecular complexity index is 603. The summed E-state index contributed by atoms with van der Waals surface area (Å²) in [7, 11) is 0. The molecule has 0 aromatic heterocycles. The van der Waals surface area contributed by atoms with Gasteiger partial charge in [0, 0.05) is 18.5 Å². The fourth-order valence-electron chi connectivity index (χ4n) is 3.68. The van der Waals surface area contributed by atoms with Crippen LogP contribution in [-0.4, -0.2) is 159 Å². The maximum absolute atomic E-state index is 11.4. The fourth-order valence-corrected chi connectivity index (χ4v) is 3.68. The number of ether oxygens (including phenoxy) is 5. The van der Waals surface area contributed by atoms with Crippen LogP contribution in [0, 0.1) is 5.41 Å². The van der Waals surface area contributed by atoms with Crippen molar-refractivity contribution in [3.8, 4) is 0 Å². The summed E-state index contributed by atoms with van der Waals surface area (Å²) in [5.41, 5.74) is -1.18. The van der Waals surface area contributed by atoms with Crippen LogP contribution in [0.5, 0.6) is 0 Å². The number of hydrogen-bond donors (Lipinski definition) is 4. The van der Waals surface area contributed by atoms with E-state index in [0.717, 1.165) is 9.80 Å². The third kappa shape index (κ3) is 15.6. The lowest BCUT2D eigenvalue weighted by molar-refractivity contribution is -0.144. The summed E-state index contributed by atoms with van der Waals surface area (Å²) >= 11 is 0. The highest BCUT2D eigenvalue weighted by Crippen LogP contribution is 2.23. The van der Waals surface area contributed by atoms with Crippen LogP contribution in [0.2, 0.25) is 0 Å². The van der Waals surface area contributed by atoms with E-state index in [1.807, 2.05) is 0 Å². The largest absolute Gasteiger partial charge is 0.480 e. The third-order valence-electron chi connectivity index (χ3n) is 4.86. The molecule has 0 aliphatic carbocycles. The van der Waals surface area contributed by atoms with Crippen LogP contribution in [0.25, 0.3) is 0 Å². The van der Waals surface area contributed by atoms with Crippen molar-refractivity contribution in [2.24, 2.45) is 5.41 Å². The van der Waals surface area contributed by atoms with Gasteiger partial charge in [0.15, 0.2) is 0 Å². The first-order valence-electron chi connectivity index (χ1n) is 11.3. The van der Waals surface area contributed by atoms with Gasteiger partial charge in [0.25, 0.3) is 0 Å². The van der Waals surface area contributed by atoms with Crippen molar-refractivity contribution >= 4 is 23.9 Å². The standard InChI is InChI=1S/C21H36N2O13/c24-17(25)9-22(10-18(26)27)13-21(14-23(11-19(28)29)12-20(30)31)15-35-7-5-33-3-1-32-2-4-34-6-8-36-16-21/h1-16H2,(H,24,25)(H,26,27)(H,28,29)(H,30,31). The van der Waals surface area contributed by atoms with Crippen LogP contribution in [-0.2, 0) is 42.9 Å². The van der Waals surface area contributed by atoms with Gasteiger partial charge in [-0.15, -0.1) is 0 Å². The van der Waals surface area contributed by atoms with E-state index >= 15 is 0 Å². The zero-order valence-corrected chi connectivity index (χ0v) is 20.2. The van der Waals surface area contributed by atoms with Crippen LogP contribution >= 0.6 is 0 Å². The first kappa shape index (κ1) is 31.6. The molecule has 1 heterocycles. The second-order valence-corrected chi connectivity index (χ2v) is 8.31. The van der Waals surface area contributed by atoms with E-state index in [0.29, 0.717) is 26.4 Å². The van der Waals surface area contributed by atoms with Crippen molar-refractivity contribution in [2.45, 2.75) is 0 Å². The van der Waals surface area contributed by atoms with Crippen LogP contribution in [0.4, 0.5) is 0 Å². The van der Waals surface area contributed by atoms with E-state index in [1.165, 1.54) is 0 Å². The molecular formula is C21H36N2O13. The molecular weight excluding hydrogens is 488 g/mol. The molecule has 0 bridgehead atoms. The summed E-state index contributed by atoms with van der Waals surface area (Å²) in [4.78, 5) is 47.8. The van der Waals surface area contributed by atoms with Gasteiger partial charge in [-0.2, -0.15) is 0 Å². The van der Waals surface area contributed by atoms with E-state index in [9.17, 15) is 39.6 Å². The molecule has 1 saturated heterocycles. The second kappa shape index (κ2) is 17.9. The number of carboxylic acids is 4. The molecule has 4 N–H and O–H groups in total. The highest BCUT2D eigenvalue weighted by molar-refractivity contribution is 5.73. The Hall–Kier alpha value is -2.40. The Morgan fingerprint density at radius 1 is 0.500 bits per heavy atom. The molecule has 15 nitrogen and oxygen atoms in total. The van der Waals surface area contributed by atoms with Crippen LogP contribution < -0.4 is 0 Å². The Morgan fingerprint density at radius 3 is 1.00 bits per heavy atom. The average Bonchev–Trinajstić information content (AvgIpc) is 2.73. The van der Waals surface area contributed by atoms with E-state index in [2.05, 4.69) is 0 Å². The molecule has 0 unspecified atom stereocenters. The summed E-state index contributed by atoms with van der Waals surface area (Å²) in [5.74, 6) is -5.06. The van der Waals surface area contributed by atoms with Crippen molar-refractivity contribution in [3.05, 3.63) is 0 Å². The maximum Gasteiger partial charge on any atom is 0.317 e. The average molecular weight is 525 g/mol. The molecule has 0 aromatic carbocycles. The van der Waals surface area contributed by atoms with Crippen molar-refractivity contribution < 1.29 is 63.3 Å². The van der Waals surface area contributed by atoms with E-state index in [1.54, 1.807) is 0 Å². The molecule has 0 aromatic rings. The van der Waals surface area contributed by atoms with Gasteiger partial charge in [0.2, 0.25) is 0 Å². The van der Waals surface area contributed by atoms with Gasteiger partial charge in [0.05, 0.1) is 92.2 Å². The molecule has 0 spiro atoms. The van der Waals surface area contributed by atoms with E-state index in [-0.39, 0.29) is 52.7 Å². The predicted molar refractivity (Wildman–Crippen MR) is 120 cm³/mol. The summed E-state index contributed by atoms with van der Waals surface area (Å²) in [5, 5.41) is 37.1. The molecule has 0 amide bonds. The van der Waals surface area contributed by atoms with Crippen molar-refractivity contribution in [1.29, 1.82) is 0 Å². The summed E-state index contributed by atoms with van der Waals surface area (Å²) < 4.78 is 27.7. The lowest BCUT2D eigenvalue weighted by Gasteiger charge is -2.40. The van der Waals surface area contributed by atoms with Crippen molar-refractivity contribution in [2.75, 3.05) is 105 Å². The fraction of sp³-hybridized carbons (Fsp3) is 0.810. The minimum absolute atomic E-state index is 0.112. The lowest BCUT2D eigenvalue weighted by Crippen LogP contribution is -2.54. The molecule has 1 aliphatic rings. The van der Waals surface area contributed by atoms with E-state index < -0.39 is 55.5 Å². The third-order valence-corrected chi connectivity index (χ3v) is 4.86. The molecule has 0 saturated carbocycles. The van der Waals surface area contributed by atoms with Gasteiger partial charge >= 0.3 is 23.9 Å². The molecule has 1 rings (SSSR count). The zero-order chi connectivity index (χ0) is 26.8. The normalized spacial score (nSPS) is 18.6. The van der Waals surface area contributed by atoms with Crippen LogP contribution in [0.1, 0.15) is 0 Å². The highest BCUT2D eigenvalue weighted by Gasteiger charge is 2.37. The van der Waals surface area contributed by atoms with Gasteiger partial charge in [-0.25, -0.2) is 0 Å². The minimum atomic E-state index is -1.27. The Morgan fingerprint density at radius 2 is 0.750 bits per heavy atom. The minimum Gasteiger partial charge on any atom is -0.480 e. The number of hydrogen-bond acceptors (Lipinski definition) is 11. The van der Waals surface area contributed by atoms with Crippen LogP contribution in [0.3, 0.4) is 0 Å². The van der Waals surface area contributed by atoms with Gasteiger partial charge in [-0.3, -0.25) is 29.0 Å². The quantitative estimate of drug-likeness (QED) is 0.218. The molecule has 1 fully saturated rings. The smallest absolute Gasteiger partial charge is 0.317 e. The monoisotopic (exact) mass is 524 g/mol. The van der Waals surface area contributed by atoms with Gasteiger partial charge < -0.3 is 44.1 Å². The summed E-state index contributed by atoms with van der Waals surface area (Å²) in [6, 6.07) is 0. The van der Waals surface area contributed by atoms with Crippen LogP contribution in [0.15, 0.2) is 0 Å². The van der Waals surface area contributed by atoms with Crippen molar-refractivity contribution in [3.63, 3.8) is 0 Å². The number of carboxylic acid groups (broad SMARTS) is 4. The summed E-state index contributed by atoms with van der Waals surface area (Å²) in [6.45, 7) is -0.997. The lowest BCUT2D eigenvalue weighted by atomic mass is 9.87. The molecule has 15 heteroatoms. The number of aliphatic carboxylic acids is 4. The topological polar surface area (TPSA) is 202 Å². The SMILES string of the molecule is O=C(O)CN(CC(=O)O)CC1(CN(CC(=O)O)CC(=O)O)COCCOCCOCCOCCOC1. The number of rotatable bonds is 12. The summed E-state index contributed by atoms with van der Waals surface area (Å²) in [6.07, 6.45) is 0. The Kier molecular flexibility index (Phi) is 15.8. The predicted octanol–water partition coefficient (Wildman–Crippen LogP) is -1.99. The molecule has 0 atom stereocenters. The zero-order valence-electron chi connectivity index (χ0n) is 20.2. The molecule has 1 aliphatic heterocycles. The second-order valence-electron chi connectivity index (χ2n) is 8.31.